The predicted molar refractivity (Wildman–Crippen MR) is 292 cm³/mol. The highest BCUT2D eigenvalue weighted by Crippen LogP contribution is 2.45. The van der Waals surface area contributed by atoms with Gasteiger partial charge in [0.05, 0.1) is 15.9 Å². The van der Waals surface area contributed by atoms with Crippen LogP contribution in [0.25, 0.3) is 33.4 Å². The number of nitrogens with one attached hydrogen (secondary N) is 3. The van der Waals surface area contributed by atoms with Gasteiger partial charge in [-0.1, -0.05) is 104 Å². The molecule has 0 spiro atoms. The Hall–Kier alpha value is -5.78. The highest BCUT2D eigenvalue weighted by molar-refractivity contribution is 7.89. The van der Waals surface area contributed by atoms with E-state index in [1.54, 1.807) is 19.2 Å². The van der Waals surface area contributed by atoms with Crippen LogP contribution in [0.2, 0.25) is 0 Å². The summed E-state index contributed by atoms with van der Waals surface area (Å²) in [5, 5.41) is 11.6. The minimum absolute atomic E-state index is 0.0357. The molecule has 10 nitrogen and oxygen atoms in total. The minimum Gasteiger partial charge on any atom is -0.456 e. The third kappa shape index (κ3) is 12.2. The SMILES string of the molecule is CCCCCCCN(C)S(=O)(=O)c1ccccc1-c1c2cc(C)c(=Nc3c(C)cc(C)c(NC(=O)CC(C)(C)C)c3C)cc-2oc2cc(Nc3c(C)cc(C)c(NC(=O)CC(C)(C)C)c3C)c(C)cc12. The van der Waals surface area contributed by atoms with Gasteiger partial charge in [-0.15, -0.1) is 0 Å². The Balaban J connectivity index is 1.58. The van der Waals surface area contributed by atoms with Gasteiger partial charge in [-0.05, 0) is 135 Å². The molecule has 1 heterocycles. The summed E-state index contributed by atoms with van der Waals surface area (Å²) in [5.41, 5.74) is 13.8. The van der Waals surface area contributed by atoms with Crippen molar-refractivity contribution in [2.24, 2.45) is 15.8 Å². The fraction of sp³-hybridized carbons (Fsp3) is 0.441. The van der Waals surface area contributed by atoms with E-state index >= 15 is 0 Å². The number of aryl methyl sites for hydroxylation is 6. The van der Waals surface area contributed by atoms with Crippen molar-refractivity contribution in [2.75, 3.05) is 29.5 Å². The molecule has 3 N–H and O–H groups in total. The average Bonchev–Trinajstić information content (AvgIpc) is 3.25. The molecule has 374 valence electrons. The summed E-state index contributed by atoms with van der Waals surface area (Å²) in [6.45, 7) is 31.1. The molecule has 2 amide bonds. The maximum absolute atomic E-state index is 14.7. The zero-order chi connectivity index (χ0) is 51.6. The Kier molecular flexibility index (Phi) is 16.3. The van der Waals surface area contributed by atoms with Crippen LogP contribution in [-0.2, 0) is 19.6 Å². The van der Waals surface area contributed by atoms with E-state index in [1.165, 1.54) is 4.31 Å². The van der Waals surface area contributed by atoms with Crippen LogP contribution in [0.4, 0.5) is 28.4 Å². The van der Waals surface area contributed by atoms with E-state index in [-0.39, 0.29) is 27.5 Å². The van der Waals surface area contributed by atoms with Gasteiger partial charge in [0.2, 0.25) is 21.8 Å². The van der Waals surface area contributed by atoms with Crippen LogP contribution in [-0.4, -0.2) is 38.1 Å². The van der Waals surface area contributed by atoms with Crippen molar-refractivity contribution >= 4 is 61.2 Å². The largest absolute Gasteiger partial charge is 0.456 e. The van der Waals surface area contributed by atoms with Crippen molar-refractivity contribution in [3.05, 3.63) is 111 Å². The van der Waals surface area contributed by atoms with Crippen molar-refractivity contribution in [1.29, 1.82) is 0 Å². The van der Waals surface area contributed by atoms with Crippen molar-refractivity contribution in [1.82, 2.24) is 4.31 Å². The molecule has 11 heteroatoms. The van der Waals surface area contributed by atoms with E-state index in [1.807, 2.05) is 99.6 Å². The highest BCUT2D eigenvalue weighted by Gasteiger charge is 2.29. The molecular weight excluding hydrogens is 891 g/mol. The Morgan fingerprint density at radius 1 is 0.643 bits per heavy atom. The van der Waals surface area contributed by atoms with Gasteiger partial charge in [0.25, 0.3) is 0 Å². The van der Waals surface area contributed by atoms with E-state index < -0.39 is 10.0 Å². The molecule has 0 fully saturated rings. The second-order valence-corrected chi connectivity index (χ2v) is 24.1. The second kappa shape index (κ2) is 21.3. The number of unbranched alkanes of at least 4 members (excludes halogenated alkanes) is 4. The van der Waals surface area contributed by atoms with E-state index in [0.29, 0.717) is 41.7 Å². The Labute approximate surface area is 418 Å². The molecule has 0 atom stereocenters. The summed E-state index contributed by atoms with van der Waals surface area (Å²) in [6.07, 6.45) is 5.84. The maximum atomic E-state index is 14.7. The fourth-order valence-electron chi connectivity index (χ4n) is 9.55. The number of carbonyl (C=O) groups is 2. The van der Waals surface area contributed by atoms with Crippen LogP contribution in [0.1, 0.15) is 138 Å². The Bertz CT molecular complexity index is 3110. The summed E-state index contributed by atoms with van der Waals surface area (Å²) >= 11 is 0. The summed E-state index contributed by atoms with van der Waals surface area (Å²) < 4.78 is 37.8. The topological polar surface area (TPSA) is 133 Å². The quantitative estimate of drug-likeness (QED) is 0.0653. The lowest BCUT2D eigenvalue weighted by molar-refractivity contribution is -0.118. The van der Waals surface area contributed by atoms with Crippen molar-refractivity contribution in [3.8, 4) is 22.5 Å². The molecular formula is C59H77N5O5S. The molecule has 0 saturated heterocycles. The van der Waals surface area contributed by atoms with Crippen LogP contribution in [0.15, 0.2) is 75.0 Å². The second-order valence-electron chi connectivity index (χ2n) is 22.1. The molecule has 1 aliphatic carbocycles. The molecule has 0 unspecified atom stereocenters. The first-order valence-corrected chi connectivity index (χ1v) is 26.4. The number of hydrogen-bond acceptors (Lipinski definition) is 7. The van der Waals surface area contributed by atoms with Crippen LogP contribution in [0.5, 0.6) is 0 Å². The molecule has 0 saturated carbocycles. The smallest absolute Gasteiger partial charge is 0.243 e. The van der Waals surface area contributed by atoms with Crippen LogP contribution < -0.4 is 21.3 Å². The fourth-order valence-corrected chi connectivity index (χ4v) is 11.0. The van der Waals surface area contributed by atoms with Crippen molar-refractivity contribution in [3.63, 3.8) is 0 Å². The molecule has 4 aromatic rings. The third-order valence-electron chi connectivity index (χ3n) is 13.1. The lowest BCUT2D eigenvalue weighted by Crippen LogP contribution is -2.28. The zero-order valence-electron chi connectivity index (χ0n) is 44.8. The number of sulfonamides is 1. The summed E-state index contributed by atoms with van der Waals surface area (Å²) in [7, 11) is -2.25. The molecule has 2 aliphatic rings. The van der Waals surface area contributed by atoms with Crippen LogP contribution >= 0.6 is 0 Å². The number of carbonyl (C=O) groups excluding carboxylic acids is 2. The van der Waals surface area contributed by atoms with Gasteiger partial charge in [-0.25, -0.2) is 17.7 Å². The molecule has 4 aromatic carbocycles. The first-order chi connectivity index (χ1) is 32.7. The average molecular weight is 968 g/mol. The number of rotatable bonds is 16. The molecule has 1 aliphatic heterocycles. The lowest BCUT2D eigenvalue weighted by Gasteiger charge is -2.24. The first-order valence-electron chi connectivity index (χ1n) is 24.9. The van der Waals surface area contributed by atoms with E-state index in [2.05, 4.69) is 68.8 Å². The van der Waals surface area contributed by atoms with E-state index in [4.69, 9.17) is 9.41 Å². The Morgan fingerprint density at radius 3 is 1.83 bits per heavy atom. The lowest BCUT2D eigenvalue weighted by atomic mass is 9.91. The number of fused-ring (bicyclic) bond motifs is 2. The Morgan fingerprint density at radius 2 is 1.21 bits per heavy atom. The summed E-state index contributed by atoms with van der Waals surface area (Å²) in [5.74, 6) is 0.450. The molecule has 0 radical (unpaired) electrons. The van der Waals surface area contributed by atoms with Crippen LogP contribution in [0.3, 0.4) is 0 Å². The summed E-state index contributed by atoms with van der Waals surface area (Å²) in [6, 6.07) is 19.5. The number of benzene rings is 5. The number of hydrogen-bond donors (Lipinski definition) is 3. The predicted octanol–water partition coefficient (Wildman–Crippen LogP) is 15.0. The van der Waals surface area contributed by atoms with Crippen molar-refractivity contribution in [2.45, 2.75) is 154 Å². The number of amides is 2. The van der Waals surface area contributed by atoms with Gasteiger partial charge in [0, 0.05) is 83.4 Å². The van der Waals surface area contributed by atoms with Gasteiger partial charge in [0.15, 0.2) is 0 Å². The molecule has 0 bridgehead atoms. The minimum atomic E-state index is -3.93. The van der Waals surface area contributed by atoms with Crippen molar-refractivity contribution < 1.29 is 22.4 Å². The number of anilines is 4. The van der Waals surface area contributed by atoms with Gasteiger partial charge in [0.1, 0.15) is 11.3 Å². The molecule has 70 heavy (non-hydrogen) atoms. The van der Waals surface area contributed by atoms with E-state index in [0.717, 1.165) is 122 Å². The summed E-state index contributed by atoms with van der Waals surface area (Å²) in [4.78, 5) is 32.0. The first kappa shape index (κ1) is 53.6. The van der Waals surface area contributed by atoms with Gasteiger partial charge < -0.3 is 20.4 Å². The molecule has 0 aromatic heterocycles. The van der Waals surface area contributed by atoms with Gasteiger partial charge >= 0.3 is 0 Å². The molecule has 6 rings (SSSR count). The highest BCUT2D eigenvalue weighted by atomic mass is 32.2. The van der Waals surface area contributed by atoms with Gasteiger partial charge in [-0.3, -0.25) is 9.59 Å². The van der Waals surface area contributed by atoms with E-state index in [9.17, 15) is 18.0 Å². The monoisotopic (exact) mass is 968 g/mol. The zero-order valence-corrected chi connectivity index (χ0v) is 45.6. The number of nitrogens with zero attached hydrogens (tertiary/aromatic N) is 2. The van der Waals surface area contributed by atoms with Gasteiger partial charge in [-0.2, -0.15) is 0 Å². The standard InChI is InChI=1S/C59H77N5O5S/c1-17-18-19-20-23-26-64(16)70(67,68)50-25-22-21-24-43(50)53-44-29-35(2)46(60-54-37(4)27-39(6)56(41(54)8)62-51(65)33-58(10,11)12)31-48(44)69-49-32-47(36(3)30-45(49)53)61-55-38(5)28-40(7)57(42(55)9)63-52(66)34-59(13,14)15/h21-22,24-25,27-32,60H,17-20,23,26,33-34H2,1-16H3,(H,62,65)(H,63,66). The normalized spacial score (nSPS) is 12.6. The maximum Gasteiger partial charge on any atom is 0.243 e. The third-order valence-corrected chi connectivity index (χ3v) is 15.0. The van der Waals surface area contributed by atoms with Crippen LogP contribution in [0, 0.1) is 66.2 Å².